The average molecular weight is 278 g/mol. The molecule has 0 aliphatic rings. The van der Waals surface area contributed by atoms with Crippen LogP contribution in [0.1, 0.15) is 13.8 Å². The topological polar surface area (TPSA) is 12.4 Å². The molecule has 0 heterocycles. The first-order valence-corrected chi connectivity index (χ1v) is 3.73. The zero-order chi connectivity index (χ0) is 6.57. The van der Waals surface area contributed by atoms with Gasteiger partial charge in [-0.3, -0.25) is 0 Å². The summed E-state index contributed by atoms with van der Waals surface area (Å²) in [4.78, 5) is 3.48. The Morgan fingerprint density at radius 3 is 2.25 bits per heavy atom. The van der Waals surface area contributed by atoms with E-state index in [-0.39, 0.29) is 0 Å². The Balaban J connectivity index is 3.94. The first-order chi connectivity index (χ1) is 3.66. The van der Waals surface area contributed by atoms with E-state index in [1.54, 1.807) is 0 Å². The molecule has 0 aromatic rings. The fourth-order valence-corrected chi connectivity index (χ4v) is 0.944. The van der Waals surface area contributed by atoms with Gasteiger partial charge in [0.2, 0.25) is 0 Å². The molecular formula is C6H8NW-. The van der Waals surface area contributed by atoms with E-state index in [9.17, 15) is 0 Å². The fourth-order valence-electron chi connectivity index (χ4n) is 0.331. The van der Waals surface area contributed by atoms with Crippen molar-refractivity contribution in [2.24, 2.45) is 4.99 Å². The van der Waals surface area contributed by atoms with Gasteiger partial charge in [0.1, 0.15) is 0 Å². The molecule has 0 N–H and O–H groups in total. The zero-order valence-electron chi connectivity index (χ0n) is 5.01. The van der Waals surface area contributed by atoms with Gasteiger partial charge >= 0.3 is 60.6 Å². The molecule has 0 rings (SSSR count). The molecule has 0 radical (unpaired) electrons. The summed E-state index contributed by atoms with van der Waals surface area (Å²) in [5.74, 6) is 0. The summed E-state index contributed by atoms with van der Waals surface area (Å²) in [5.41, 5.74) is 0.887. The van der Waals surface area contributed by atoms with Crippen molar-refractivity contribution in [3.05, 3.63) is 11.8 Å². The summed E-state index contributed by atoms with van der Waals surface area (Å²) < 4.78 is 1.30. The van der Waals surface area contributed by atoms with Gasteiger partial charge in [0.05, 0.1) is 0 Å². The Bertz CT molecular complexity index is 135. The van der Waals surface area contributed by atoms with E-state index in [2.05, 4.69) is 4.99 Å². The third kappa shape index (κ3) is 4.14. The minimum absolute atomic E-state index is 0.887. The molecule has 8 heavy (non-hydrogen) atoms. The summed E-state index contributed by atoms with van der Waals surface area (Å²) in [5, 5.41) is 0. The van der Waals surface area contributed by atoms with Crippen LogP contribution in [0.3, 0.4) is 0 Å². The number of nitrogens with zero attached hydrogens (tertiary/aromatic N) is 1. The van der Waals surface area contributed by atoms with E-state index in [0.29, 0.717) is 0 Å². The Morgan fingerprint density at radius 2 is 2.12 bits per heavy atom. The van der Waals surface area contributed by atoms with Gasteiger partial charge in [0.15, 0.2) is 0 Å². The van der Waals surface area contributed by atoms with Crippen LogP contribution in [-0.2, 0) is 19.4 Å². The molecule has 0 aromatic carbocycles. The molecule has 0 aromatic heterocycles. The van der Waals surface area contributed by atoms with Gasteiger partial charge in [0, 0.05) is 0 Å². The SMILES string of the molecule is [CH-]=NC(C)=C[C](C)=[W]. The van der Waals surface area contributed by atoms with Crippen LogP contribution in [0.15, 0.2) is 16.8 Å². The predicted molar refractivity (Wildman–Crippen MR) is 32.9 cm³/mol. The molecule has 1 nitrogen and oxygen atoms in total. The summed E-state index contributed by atoms with van der Waals surface area (Å²) in [6.45, 7) is 8.90. The van der Waals surface area contributed by atoms with Crippen molar-refractivity contribution in [3.63, 3.8) is 0 Å². The van der Waals surface area contributed by atoms with E-state index >= 15 is 0 Å². The van der Waals surface area contributed by atoms with Crippen LogP contribution in [0.2, 0.25) is 0 Å². The first-order valence-electron chi connectivity index (χ1n) is 2.26. The fraction of sp³-hybridized carbons (Fsp3) is 0.333. The Hall–Kier alpha value is -0.0317. The molecule has 0 aliphatic heterocycles. The summed E-state index contributed by atoms with van der Waals surface area (Å²) >= 11 is 1.46. The van der Waals surface area contributed by atoms with Crippen molar-refractivity contribution >= 4 is 10.6 Å². The summed E-state index contributed by atoms with van der Waals surface area (Å²) in [7, 11) is 0. The molecule has 2 heteroatoms. The molecule has 0 amide bonds. The van der Waals surface area contributed by atoms with Gasteiger partial charge in [-0.25, -0.2) is 0 Å². The van der Waals surface area contributed by atoms with E-state index in [0.717, 1.165) is 5.70 Å². The Labute approximate surface area is 60.9 Å². The van der Waals surface area contributed by atoms with Gasteiger partial charge in [0.25, 0.3) is 0 Å². The third-order valence-electron chi connectivity index (χ3n) is 0.616. The Kier molecular flexibility index (Phi) is 3.89. The zero-order valence-corrected chi connectivity index (χ0v) is 7.94. The van der Waals surface area contributed by atoms with Crippen LogP contribution in [0.4, 0.5) is 0 Å². The van der Waals surface area contributed by atoms with Crippen molar-refractivity contribution in [3.8, 4) is 0 Å². The Morgan fingerprint density at radius 1 is 1.62 bits per heavy atom. The van der Waals surface area contributed by atoms with Gasteiger partial charge in [-0.15, -0.1) is 0 Å². The van der Waals surface area contributed by atoms with Crippen molar-refractivity contribution in [2.75, 3.05) is 0 Å². The number of rotatable bonds is 2. The van der Waals surface area contributed by atoms with Crippen LogP contribution in [0, 0.1) is 0 Å². The number of hydrogen-bond donors (Lipinski definition) is 0. The molecule has 0 fully saturated rings. The maximum absolute atomic E-state index is 4.97. The molecular weight excluding hydrogens is 270 g/mol. The molecule has 0 saturated carbocycles. The van der Waals surface area contributed by atoms with E-state index < -0.39 is 0 Å². The average Bonchev–Trinajstić information content (AvgIpc) is 1.65. The first kappa shape index (κ1) is 7.97. The van der Waals surface area contributed by atoms with Crippen LogP contribution in [-0.4, -0.2) is 10.6 Å². The summed E-state index contributed by atoms with van der Waals surface area (Å²) in [6, 6.07) is 0. The molecule has 44 valence electrons. The third-order valence-corrected chi connectivity index (χ3v) is 1.04. The molecule has 0 bridgehead atoms. The standard InChI is InChI=1S/C6H8N.W/c1-4-5-6(2)7-3;/h3,5H,1-2H3;/q-1;. The van der Waals surface area contributed by atoms with Gasteiger partial charge < -0.3 is 0 Å². The van der Waals surface area contributed by atoms with Crippen molar-refractivity contribution in [1.82, 2.24) is 0 Å². The van der Waals surface area contributed by atoms with Crippen molar-refractivity contribution < 1.29 is 19.4 Å². The molecule has 0 saturated heterocycles. The van der Waals surface area contributed by atoms with Crippen molar-refractivity contribution in [1.29, 1.82) is 0 Å². The monoisotopic (exact) mass is 278 g/mol. The second-order valence-corrected chi connectivity index (χ2v) is 3.84. The molecule has 0 spiro atoms. The van der Waals surface area contributed by atoms with Gasteiger partial charge in [-0.05, 0) is 0 Å². The molecule has 0 atom stereocenters. The number of aliphatic imine (C=N–C) groups is 1. The quantitative estimate of drug-likeness (QED) is 0.532. The predicted octanol–water partition coefficient (Wildman–Crippen LogP) is 1.21. The maximum atomic E-state index is 4.97. The molecule has 0 unspecified atom stereocenters. The minimum atomic E-state index is 0.887. The summed E-state index contributed by atoms with van der Waals surface area (Å²) in [6.07, 6.45) is 1.97. The van der Waals surface area contributed by atoms with E-state index in [1.165, 1.54) is 23.3 Å². The van der Waals surface area contributed by atoms with E-state index in [1.807, 2.05) is 19.9 Å². The normalized spacial score (nSPS) is 11.0. The van der Waals surface area contributed by atoms with Gasteiger partial charge in [-0.2, -0.15) is 0 Å². The molecule has 0 aliphatic carbocycles. The van der Waals surface area contributed by atoms with Crippen LogP contribution in [0.25, 0.3) is 0 Å². The second-order valence-electron chi connectivity index (χ2n) is 1.53. The van der Waals surface area contributed by atoms with Gasteiger partial charge in [-0.1, -0.05) is 0 Å². The van der Waals surface area contributed by atoms with Crippen LogP contribution in [0.5, 0.6) is 0 Å². The van der Waals surface area contributed by atoms with Crippen LogP contribution < -0.4 is 0 Å². The second kappa shape index (κ2) is 3.91. The number of hydrogen-bond acceptors (Lipinski definition) is 1. The van der Waals surface area contributed by atoms with Crippen LogP contribution >= 0.6 is 0 Å². The van der Waals surface area contributed by atoms with E-state index in [4.69, 9.17) is 6.72 Å². The number of allylic oxidation sites excluding steroid dienone is 2. The van der Waals surface area contributed by atoms with Crippen molar-refractivity contribution in [2.45, 2.75) is 13.8 Å².